The van der Waals surface area contributed by atoms with E-state index in [2.05, 4.69) is 40.4 Å². The van der Waals surface area contributed by atoms with Crippen LogP contribution in [0, 0.1) is 0 Å². The van der Waals surface area contributed by atoms with Gasteiger partial charge >= 0.3 is 0 Å². The Labute approximate surface area is 125 Å². The van der Waals surface area contributed by atoms with E-state index >= 15 is 0 Å². The summed E-state index contributed by atoms with van der Waals surface area (Å²) in [7, 11) is 0. The lowest BCUT2D eigenvalue weighted by Gasteiger charge is -2.23. The molecule has 1 aliphatic heterocycles. The first-order valence-electron chi connectivity index (χ1n) is 7.82. The summed E-state index contributed by atoms with van der Waals surface area (Å²) in [4.78, 5) is 9.39. The Bertz CT molecular complexity index is 441. The Kier molecular flexibility index (Phi) is 4.65. The molecule has 2 fully saturated rings. The second kappa shape index (κ2) is 6.66. The van der Waals surface area contributed by atoms with Gasteiger partial charge in [-0.3, -0.25) is 0 Å². The molecule has 0 radical (unpaired) electrons. The Balaban J connectivity index is 1.71. The van der Waals surface area contributed by atoms with Crippen LogP contribution in [-0.2, 0) is 0 Å². The molecule has 2 N–H and O–H groups in total. The van der Waals surface area contributed by atoms with Crippen LogP contribution in [0.1, 0.15) is 50.8 Å². The maximum atomic E-state index is 4.73. The van der Waals surface area contributed by atoms with Gasteiger partial charge in [0.1, 0.15) is 17.5 Å². The molecule has 1 aliphatic carbocycles. The summed E-state index contributed by atoms with van der Waals surface area (Å²) in [6.45, 7) is 3.15. The highest BCUT2D eigenvalue weighted by Gasteiger charge is 2.27. The van der Waals surface area contributed by atoms with Crippen LogP contribution in [0.3, 0.4) is 0 Å². The van der Waals surface area contributed by atoms with E-state index in [-0.39, 0.29) is 0 Å². The Morgan fingerprint density at radius 2 is 1.90 bits per heavy atom. The average molecular weight is 292 g/mol. The van der Waals surface area contributed by atoms with Gasteiger partial charge < -0.3 is 10.6 Å². The standard InChI is InChI=1S/C15H24N4S/c1-2-7-16-13-10-14(17-12-5-8-20-9-6-12)19-15(18-13)11-3-4-11/h10-12H,2-9H2,1H3,(H2,16,17,18,19). The molecule has 2 heterocycles. The maximum absolute atomic E-state index is 4.73. The van der Waals surface area contributed by atoms with E-state index in [1.807, 2.05) is 0 Å². The monoisotopic (exact) mass is 292 g/mol. The van der Waals surface area contributed by atoms with Gasteiger partial charge in [-0.1, -0.05) is 6.92 Å². The fourth-order valence-electron chi connectivity index (χ4n) is 2.46. The number of aromatic nitrogens is 2. The van der Waals surface area contributed by atoms with Crippen molar-refractivity contribution in [2.75, 3.05) is 28.7 Å². The molecule has 0 aromatic carbocycles. The summed E-state index contributed by atoms with van der Waals surface area (Å²) in [6.07, 6.45) is 6.09. The summed E-state index contributed by atoms with van der Waals surface area (Å²) in [5, 5.41) is 7.02. The Morgan fingerprint density at radius 3 is 2.60 bits per heavy atom. The van der Waals surface area contributed by atoms with Crippen LogP contribution in [-0.4, -0.2) is 34.1 Å². The number of thioether (sulfide) groups is 1. The zero-order chi connectivity index (χ0) is 13.8. The largest absolute Gasteiger partial charge is 0.370 e. The normalized spacial score (nSPS) is 19.9. The van der Waals surface area contributed by atoms with Crippen LogP contribution >= 0.6 is 11.8 Å². The van der Waals surface area contributed by atoms with Crippen LogP contribution in [0.25, 0.3) is 0 Å². The topological polar surface area (TPSA) is 49.8 Å². The summed E-state index contributed by atoms with van der Waals surface area (Å²) < 4.78 is 0. The van der Waals surface area contributed by atoms with Crippen LogP contribution < -0.4 is 10.6 Å². The van der Waals surface area contributed by atoms with Gasteiger partial charge in [0.25, 0.3) is 0 Å². The minimum Gasteiger partial charge on any atom is -0.370 e. The van der Waals surface area contributed by atoms with Crippen LogP contribution in [0.5, 0.6) is 0 Å². The minimum atomic E-state index is 0.581. The van der Waals surface area contributed by atoms with Gasteiger partial charge in [-0.25, -0.2) is 9.97 Å². The summed E-state index contributed by atoms with van der Waals surface area (Å²) >= 11 is 2.06. The predicted molar refractivity (Wildman–Crippen MR) is 86.8 cm³/mol. The van der Waals surface area contributed by atoms with E-state index in [1.54, 1.807) is 0 Å². The quantitative estimate of drug-likeness (QED) is 0.840. The molecule has 110 valence electrons. The number of nitrogens with zero attached hydrogens (tertiary/aromatic N) is 2. The maximum Gasteiger partial charge on any atom is 0.136 e. The summed E-state index contributed by atoms with van der Waals surface area (Å²) in [5.41, 5.74) is 0. The van der Waals surface area contributed by atoms with Crippen molar-refractivity contribution >= 4 is 23.4 Å². The number of hydrogen-bond donors (Lipinski definition) is 2. The van der Waals surface area contributed by atoms with Crippen molar-refractivity contribution in [1.82, 2.24) is 9.97 Å². The zero-order valence-electron chi connectivity index (χ0n) is 12.2. The molecule has 0 bridgehead atoms. The van der Waals surface area contributed by atoms with E-state index in [9.17, 15) is 0 Å². The smallest absolute Gasteiger partial charge is 0.136 e. The number of anilines is 2. The van der Waals surface area contributed by atoms with Gasteiger partial charge in [0.05, 0.1) is 0 Å². The first kappa shape index (κ1) is 14.0. The fourth-order valence-corrected chi connectivity index (χ4v) is 3.57. The van der Waals surface area contributed by atoms with Crippen molar-refractivity contribution in [1.29, 1.82) is 0 Å². The van der Waals surface area contributed by atoms with Crippen molar-refractivity contribution in [2.24, 2.45) is 0 Å². The number of nitrogens with one attached hydrogen (secondary N) is 2. The molecule has 0 atom stereocenters. The molecule has 3 rings (SSSR count). The molecule has 0 amide bonds. The molecular formula is C15H24N4S. The molecule has 1 aromatic rings. The lowest BCUT2D eigenvalue weighted by molar-refractivity contribution is 0.662. The van der Waals surface area contributed by atoms with Crippen molar-refractivity contribution in [3.8, 4) is 0 Å². The van der Waals surface area contributed by atoms with E-state index in [4.69, 9.17) is 4.98 Å². The second-order valence-electron chi connectivity index (χ2n) is 5.73. The molecule has 1 saturated carbocycles. The molecule has 4 nitrogen and oxygen atoms in total. The fraction of sp³-hybridized carbons (Fsp3) is 0.733. The molecule has 1 saturated heterocycles. The van der Waals surface area contributed by atoms with Crippen molar-refractivity contribution in [3.05, 3.63) is 11.9 Å². The second-order valence-corrected chi connectivity index (χ2v) is 6.95. The van der Waals surface area contributed by atoms with E-state index in [0.717, 1.165) is 30.4 Å². The minimum absolute atomic E-state index is 0.581. The van der Waals surface area contributed by atoms with Gasteiger partial charge in [-0.05, 0) is 43.6 Å². The molecule has 5 heteroatoms. The lowest BCUT2D eigenvalue weighted by Crippen LogP contribution is -2.25. The zero-order valence-corrected chi connectivity index (χ0v) is 13.0. The number of hydrogen-bond acceptors (Lipinski definition) is 5. The Morgan fingerprint density at radius 1 is 1.15 bits per heavy atom. The third kappa shape index (κ3) is 3.78. The van der Waals surface area contributed by atoms with E-state index < -0.39 is 0 Å². The van der Waals surface area contributed by atoms with Gasteiger partial charge in [0.15, 0.2) is 0 Å². The molecule has 20 heavy (non-hydrogen) atoms. The number of rotatable bonds is 6. The SMILES string of the molecule is CCCNc1cc(NC2CCSCC2)nc(C2CC2)n1. The molecule has 1 aromatic heterocycles. The molecular weight excluding hydrogens is 268 g/mol. The van der Waals surface area contributed by atoms with Gasteiger partial charge in [0, 0.05) is 24.6 Å². The molecule has 0 unspecified atom stereocenters. The van der Waals surface area contributed by atoms with Crippen molar-refractivity contribution < 1.29 is 0 Å². The van der Waals surface area contributed by atoms with Crippen molar-refractivity contribution in [2.45, 2.75) is 51.0 Å². The first-order chi connectivity index (χ1) is 9.85. The third-order valence-electron chi connectivity index (χ3n) is 3.82. The summed E-state index contributed by atoms with van der Waals surface area (Å²) in [5.74, 6) is 6.15. The van der Waals surface area contributed by atoms with E-state index in [0.29, 0.717) is 12.0 Å². The lowest BCUT2D eigenvalue weighted by atomic mass is 10.1. The first-order valence-corrected chi connectivity index (χ1v) is 8.97. The van der Waals surface area contributed by atoms with E-state index in [1.165, 1.54) is 37.2 Å². The highest BCUT2D eigenvalue weighted by molar-refractivity contribution is 7.99. The summed E-state index contributed by atoms with van der Waals surface area (Å²) in [6, 6.07) is 2.65. The highest BCUT2D eigenvalue weighted by atomic mass is 32.2. The predicted octanol–water partition coefficient (Wildman–Crippen LogP) is 3.48. The third-order valence-corrected chi connectivity index (χ3v) is 4.86. The van der Waals surface area contributed by atoms with Crippen LogP contribution in [0.15, 0.2) is 6.07 Å². The molecule has 0 spiro atoms. The van der Waals surface area contributed by atoms with Gasteiger partial charge in [-0.15, -0.1) is 0 Å². The average Bonchev–Trinajstić information content (AvgIpc) is 3.31. The highest BCUT2D eigenvalue weighted by Crippen LogP contribution is 2.39. The van der Waals surface area contributed by atoms with Crippen LogP contribution in [0.4, 0.5) is 11.6 Å². The van der Waals surface area contributed by atoms with Crippen LogP contribution in [0.2, 0.25) is 0 Å². The Hall–Kier alpha value is -0.970. The van der Waals surface area contributed by atoms with Gasteiger partial charge in [0.2, 0.25) is 0 Å². The molecule has 2 aliphatic rings. The van der Waals surface area contributed by atoms with Crippen molar-refractivity contribution in [3.63, 3.8) is 0 Å². The van der Waals surface area contributed by atoms with Gasteiger partial charge in [-0.2, -0.15) is 11.8 Å².